The van der Waals surface area contributed by atoms with Crippen molar-refractivity contribution in [3.8, 4) is 0 Å². The summed E-state index contributed by atoms with van der Waals surface area (Å²) in [6.07, 6.45) is 19.0. The molecule has 0 saturated heterocycles. The highest BCUT2D eigenvalue weighted by Gasteiger charge is 2.26. The van der Waals surface area contributed by atoms with Gasteiger partial charge in [-0.25, -0.2) is 0 Å². The van der Waals surface area contributed by atoms with Crippen LogP contribution in [0.3, 0.4) is 0 Å². The van der Waals surface area contributed by atoms with Gasteiger partial charge in [0.05, 0.1) is 0 Å². The van der Waals surface area contributed by atoms with E-state index in [9.17, 15) is 0 Å². The maximum atomic E-state index is 3.70. The SMILES string of the molecule is C=CCNCC=C(C)C=CC=C(C)C=CC1=C(C)CCCC1(C)C. The molecule has 0 amide bonds. The first kappa shape index (κ1) is 20.4. The summed E-state index contributed by atoms with van der Waals surface area (Å²) in [6, 6.07) is 0. The van der Waals surface area contributed by atoms with Gasteiger partial charge in [0, 0.05) is 13.1 Å². The van der Waals surface area contributed by atoms with Crippen LogP contribution in [0.4, 0.5) is 0 Å². The van der Waals surface area contributed by atoms with Crippen molar-refractivity contribution in [2.75, 3.05) is 13.1 Å². The molecule has 0 aromatic heterocycles. The predicted molar refractivity (Wildman–Crippen MR) is 109 cm³/mol. The van der Waals surface area contributed by atoms with Crippen LogP contribution in [0.1, 0.15) is 53.9 Å². The van der Waals surface area contributed by atoms with E-state index in [-0.39, 0.29) is 0 Å². The van der Waals surface area contributed by atoms with E-state index in [2.05, 4.69) is 83.0 Å². The second kappa shape index (κ2) is 10.3. The van der Waals surface area contributed by atoms with Gasteiger partial charge in [-0.1, -0.05) is 73.1 Å². The van der Waals surface area contributed by atoms with Crippen molar-refractivity contribution < 1.29 is 0 Å². The Bertz CT molecular complexity index is 565. The molecule has 1 aliphatic rings. The number of hydrogen-bond acceptors (Lipinski definition) is 1. The molecule has 0 aromatic rings. The first-order valence-corrected chi connectivity index (χ1v) is 9.08. The number of hydrogen-bond donors (Lipinski definition) is 1. The van der Waals surface area contributed by atoms with Gasteiger partial charge in [0.1, 0.15) is 0 Å². The quantitative estimate of drug-likeness (QED) is 0.314. The van der Waals surface area contributed by atoms with Crippen molar-refractivity contribution in [2.45, 2.75) is 53.9 Å². The Balaban J connectivity index is 2.63. The molecule has 1 aliphatic carbocycles. The molecule has 1 heteroatoms. The van der Waals surface area contributed by atoms with E-state index in [0.29, 0.717) is 5.41 Å². The van der Waals surface area contributed by atoms with Gasteiger partial charge in [0.25, 0.3) is 0 Å². The Morgan fingerprint density at radius 2 is 1.92 bits per heavy atom. The Morgan fingerprint density at radius 3 is 2.58 bits per heavy atom. The van der Waals surface area contributed by atoms with Crippen molar-refractivity contribution in [2.24, 2.45) is 5.41 Å². The van der Waals surface area contributed by atoms with Crippen LogP contribution in [0.25, 0.3) is 0 Å². The molecule has 132 valence electrons. The topological polar surface area (TPSA) is 12.0 Å². The van der Waals surface area contributed by atoms with Gasteiger partial charge in [-0.3, -0.25) is 0 Å². The third kappa shape index (κ3) is 7.31. The minimum Gasteiger partial charge on any atom is -0.310 e. The summed E-state index contributed by atoms with van der Waals surface area (Å²) in [6.45, 7) is 16.7. The molecule has 0 radical (unpaired) electrons. The molecule has 0 atom stereocenters. The van der Waals surface area contributed by atoms with Crippen LogP contribution in [0.2, 0.25) is 0 Å². The second-order valence-corrected chi connectivity index (χ2v) is 7.43. The molecule has 1 nitrogen and oxygen atoms in total. The zero-order valence-corrected chi connectivity index (χ0v) is 16.3. The summed E-state index contributed by atoms with van der Waals surface area (Å²) in [7, 11) is 0. The lowest BCUT2D eigenvalue weighted by atomic mass is 9.72. The maximum Gasteiger partial charge on any atom is 0.0143 e. The highest BCUT2D eigenvalue weighted by molar-refractivity contribution is 5.37. The van der Waals surface area contributed by atoms with Gasteiger partial charge in [0.15, 0.2) is 0 Å². The Kier molecular flexibility index (Phi) is 8.78. The molecule has 0 fully saturated rings. The normalized spacial score (nSPS) is 19.5. The predicted octanol–water partition coefficient (Wildman–Crippen LogP) is 6.29. The summed E-state index contributed by atoms with van der Waals surface area (Å²) in [4.78, 5) is 0. The molecule has 0 spiro atoms. The summed E-state index contributed by atoms with van der Waals surface area (Å²) >= 11 is 0. The molecule has 1 N–H and O–H groups in total. The highest BCUT2D eigenvalue weighted by Crippen LogP contribution is 2.40. The van der Waals surface area contributed by atoms with E-state index in [0.717, 1.165) is 13.1 Å². The summed E-state index contributed by atoms with van der Waals surface area (Å²) < 4.78 is 0. The molecule has 0 saturated carbocycles. The zero-order chi connectivity index (χ0) is 18.0. The third-order valence-electron chi connectivity index (χ3n) is 4.63. The first-order chi connectivity index (χ1) is 11.4. The molecule has 0 unspecified atom stereocenters. The fourth-order valence-corrected chi connectivity index (χ4v) is 3.12. The van der Waals surface area contributed by atoms with Gasteiger partial charge in [-0.15, -0.1) is 6.58 Å². The monoisotopic (exact) mass is 325 g/mol. The third-order valence-corrected chi connectivity index (χ3v) is 4.63. The van der Waals surface area contributed by atoms with Crippen LogP contribution in [-0.4, -0.2) is 13.1 Å². The number of allylic oxidation sites excluding steroid dienone is 9. The van der Waals surface area contributed by atoms with Gasteiger partial charge >= 0.3 is 0 Å². The Labute approximate surface area is 149 Å². The van der Waals surface area contributed by atoms with Gasteiger partial charge in [-0.2, -0.15) is 0 Å². The van der Waals surface area contributed by atoms with Crippen LogP contribution in [0.15, 0.2) is 71.4 Å². The molecule has 0 bridgehead atoms. The van der Waals surface area contributed by atoms with E-state index in [1.807, 2.05) is 6.08 Å². The summed E-state index contributed by atoms with van der Waals surface area (Å²) in [5, 5.41) is 3.27. The summed E-state index contributed by atoms with van der Waals surface area (Å²) in [5.74, 6) is 0. The fourth-order valence-electron chi connectivity index (χ4n) is 3.12. The van der Waals surface area contributed by atoms with Crippen molar-refractivity contribution in [1.29, 1.82) is 0 Å². The van der Waals surface area contributed by atoms with E-state index in [1.165, 1.54) is 36.0 Å². The Morgan fingerprint density at radius 1 is 1.17 bits per heavy atom. The van der Waals surface area contributed by atoms with Gasteiger partial charge in [0.2, 0.25) is 0 Å². The summed E-state index contributed by atoms with van der Waals surface area (Å²) in [5.41, 5.74) is 5.94. The van der Waals surface area contributed by atoms with Crippen molar-refractivity contribution in [1.82, 2.24) is 5.32 Å². The van der Waals surface area contributed by atoms with Crippen LogP contribution < -0.4 is 5.32 Å². The molecule has 0 aliphatic heterocycles. The lowest BCUT2D eigenvalue weighted by Crippen LogP contribution is -2.19. The van der Waals surface area contributed by atoms with E-state index < -0.39 is 0 Å². The largest absolute Gasteiger partial charge is 0.310 e. The molecule has 1 rings (SSSR count). The van der Waals surface area contributed by atoms with Crippen molar-refractivity contribution >= 4 is 0 Å². The average Bonchev–Trinajstić information content (AvgIpc) is 2.50. The zero-order valence-electron chi connectivity index (χ0n) is 16.3. The minimum atomic E-state index is 0.312. The number of rotatable bonds is 8. The number of nitrogens with one attached hydrogen (secondary N) is 1. The fraction of sp³-hybridized carbons (Fsp3) is 0.478. The van der Waals surface area contributed by atoms with E-state index in [4.69, 9.17) is 0 Å². The maximum absolute atomic E-state index is 3.70. The van der Waals surface area contributed by atoms with Crippen molar-refractivity contribution in [3.05, 3.63) is 71.4 Å². The lowest BCUT2D eigenvalue weighted by molar-refractivity contribution is 0.377. The van der Waals surface area contributed by atoms with Crippen LogP contribution in [0, 0.1) is 5.41 Å². The molecule has 0 aromatic carbocycles. The standard InChI is InChI=1S/C23H35N/c1-7-17-24-18-15-20(3)11-8-10-19(2)13-14-22-21(4)12-9-16-23(22,5)6/h7-8,10-11,13-15,24H,1,9,12,16-18H2,2-6H3. The lowest BCUT2D eigenvalue weighted by Gasteiger charge is -2.32. The molecule has 0 heterocycles. The Hall–Kier alpha value is -1.60. The highest BCUT2D eigenvalue weighted by atomic mass is 14.8. The second-order valence-electron chi connectivity index (χ2n) is 7.43. The van der Waals surface area contributed by atoms with Crippen LogP contribution in [-0.2, 0) is 0 Å². The van der Waals surface area contributed by atoms with Gasteiger partial charge in [-0.05, 0) is 51.0 Å². The molecular formula is C23H35N. The first-order valence-electron chi connectivity index (χ1n) is 9.08. The average molecular weight is 326 g/mol. The smallest absolute Gasteiger partial charge is 0.0143 e. The van der Waals surface area contributed by atoms with Crippen LogP contribution in [0.5, 0.6) is 0 Å². The van der Waals surface area contributed by atoms with Gasteiger partial charge < -0.3 is 5.32 Å². The minimum absolute atomic E-state index is 0.312. The van der Waals surface area contributed by atoms with Crippen LogP contribution >= 0.6 is 0 Å². The van der Waals surface area contributed by atoms with E-state index >= 15 is 0 Å². The molecular weight excluding hydrogens is 290 g/mol. The van der Waals surface area contributed by atoms with Crippen molar-refractivity contribution in [3.63, 3.8) is 0 Å². The molecule has 24 heavy (non-hydrogen) atoms. The van der Waals surface area contributed by atoms with E-state index in [1.54, 1.807) is 5.57 Å².